The SMILES string of the molecule is O=C(NCc1cccnc1)[C@H](c1ccccc1)N(Cc1ccccc1)C(=O)CCc1ccc(S(=O)(=O)NC2CC2)cc1. The maximum absolute atomic E-state index is 13.9. The zero-order chi connectivity index (χ0) is 29.4. The van der Waals surface area contributed by atoms with Crippen LogP contribution in [0, 0.1) is 0 Å². The van der Waals surface area contributed by atoms with Gasteiger partial charge in [0.1, 0.15) is 6.04 Å². The highest BCUT2D eigenvalue weighted by atomic mass is 32.2. The third-order valence-electron chi connectivity index (χ3n) is 7.14. The molecule has 3 aromatic carbocycles. The maximum Gasteiger partial charge on any atom is 0.247 e. The third-order valence-corrected chi connectivity index (χ3v) is 8.68. The molecule has 1 aromatic heterocycles. The van der Waals surface area contributed by atoms with Gasteiger partial charge in [0.15, 0.2) is 0 Å². The molecule has 1 aliphatic carbocycles. The number of pyridine rings is 1. The van der Waals surface area contributed by atoms with Crippen molar-refractivity contribution >= 4 is 21.8 Å². The Balaban J connectivity index is 1.35. The highest BCUT2D eigenvalue weighted by Gasteiger charge is 2.31. The van der Waals surface area contributed by atoms with Crippen molar-refractivity contribution in [3.63, 3.8) is 0 Å². The van der Waals surface area contributed by atoms with Gasteiger partial charge in [-0.25, -0.2) is 13.1 Å². The van der Waals surface area contributed by atoms with E-state index in [-0.39, 0.29) is 42.3 Å². The first kappa shape index (κ1) is 29.2. The van der Waals surface area contributed by atoms with E-state index in [1.165, 1.54) is 0 Å². The minimum absolute atomic E-state index is 0.0296. The van der Waals surface area contributed by atoms with E-state index >= 15 is 0 Å². The predicted octanol–water partition coefficient (Wildman–Crippen LogP) is 4.54. The van der Waals surface area contributed by atoms with Crippen molar-refractivity contribution in [2.24, 2.45) is 0 Å². The molecule has 42 heavy (non-hydrogen) atoms. The van der Waals surface area contributed by atoms with Gasteiger partial charge in [-0.3, -0.25) is 14.6 Å². The second-order valence-electron chi connectivity index (χ2n) is 10.4. The van der Waals surface area contributed by atoms with Crippen molar-refractivity contribution < 1.29 is 18.0 Å². The van der Waals surface area contributed by atoms with Crippen LogP contribution in [0.25, 0.3) is 0 Å². The summed E-state index contributed by atoms with van der Waals surface area (Å²) in [5.41, 5.74) is 3.31. The number of aromatic nitrogens is 1. The summed E-state index contributed by atoms with van der Waals surface area (Å²) in [6.07, 6.45) is 5.66. The van der Waals surface area contributed by atoms with Gasteiger partial charge in [-0.2, -0.15) is 0 Å². The number of benzene rings is 3. The van der Waals surface area contributed by atoms with Crippen molar-refractivity contribution in [2.45, 2.75) is 55.8 Å². The van der Waals surface area contributed by atoms with E-state index < -0.39 is 16.1 Å². The molecular formula is C33H34N4O4S. The Kier molecular flexibility index (Phi) is 9.41. The van der Waals surface area contributed by atoms with Crippen LogP contribution >= 0.6 is 0 Å². The fraction of sp³-hybridized carbons (Fsp3) is 0.242. The quantitative estimate of drug-likeness (QED) is 0.241. The molecule has 0 aliphatic heterocycles. The highest BCUT2D eigenvalue weighted by molar-refractivity contribution is 7.89. The van der Waals surface area contributed by atoms with Gasteiger partial charge in [-0.05, 0) is 59.7 Å². The minimum Gasteiger partial charge on any atom is -0.350 e. The topological polar surface area (TPSA) is 108 Å². The molecule has 5 rings (SSSR count). The fourth-order valence-electron chi connectivity index (χ4n) is 4.72. The molecule has 0 unspecified atom stereocenters. The van der Waals surface area contributed by atoms with Crippen molar-refractivity contribution in [1.82, 2.24) is 19.9 Å². The number of carbonyl (C=O) groups is 2. The van der Waals surface area contributed by atoms with Gasteiger partial charge in [0.2, 0.25) is 21.8 Å². The molecule has 2 amide bonds. The number of sulfonamides is 1. The van der Waals surface area contributed by atoms with Crippen LogP contribution < -0.4 is 10.0 Å². The molecule has 1 heterocycles. The molecule has 0 radical (unpaired) electrons. The summed E-state index contributed by atoms with van der Waals surface area (Å²) >= 11 is 0. The average Bonchev–Trinajstić information content (AvgIpc) is 3.83. The monoisotopic (exact) mass is 582 g/mol. The lowest BCUT2D eigenvalue weighted by molar-refractivity contribution is -0.141. The van der Waals surface area contributed by atoms with Crippen LogP contribution in [-0.4, -0.2) is 36.2 Å². The summed E-state index contributed by atoms with van der Waals surface area (Å²) in [6.45, 7) is 0.539. The summed E-state index contributed by atoms with van der Waals surface area (Å²) in [6, 6.07) is 28.4. The number of aryl methyl sites for hydroxylation is 1. The maximum atomic E-state index is 13.9. The van der Waals surface area contributed by atoms with Crippen molar-refractivity contribution in [3.05, 3.63) is 132 Å². The molecule has 216 valence electrons. The first-order valence-corrected chi connectivity index (χ1v) is 15.5. The molecule has 0 bridgehead atoms. The summed E-state index contributed by atoms with van der Waals surface area (Å²) in [5, 5.41) is 2.99. The van der Waals surface area contributed by atoms with Crippen LogP contribution in [0.2, 0.25) is 0 Å². The molecule has 9 heteroatoms. The summed E-state index contributed by atoms with van der Waals surface area (Å²) in [7, 11) is -3.54. The Hall–Kier alpha value is -4.34. The van der Waals surface area contributed by atoms with E-state index in [9.17, 15) is 18.0 Å². The molecular weight excluding hydrogens is 548 g/mol. The number of carbonyl (C=O) groups excluding carboxylic acids is 2. The van der Waals surface area contributed by atoms with Gasteiger partial charge in [0.05, 0.1) is 4.90 Å². The van der Waals surface area contributed by atoms with Gasteiger partial charge in [-0.15, -0.1) is 0 Å². The Morgan fingerprint density at radius 3 is 2.14 bits per heavy atom. The van der Waals surface area contributed by atoms with Gasteiger partial charge in [0, 0.05) is 37.9 Å². The lowest BCUT2D eigenvalue weighted by Crippen LogP contribution is -2.43. The third kappa shape index (κ3) is 7.90. The Morgan fingerprint density at radius 2 is 1.50 bits per heavy atom. The first-order valence-electron chi connectivity index (χ1n) is 14.1. The zero-order valence-electron chi connectivity index (χ0n) is 23.2. The number of hydrogen-bond donors (Lipinski definition) is 2. The van der Waals surface area contributed by atoms with Crippen molar-refractivity contribution in [1.29, 1.82) is 0 Å². The number of hydrogen-bond acceptors (Lipinski definition) is 5. The fourth-order valence-corrected chi connectivity index (χ4v) is 6.02. The largest absolute Gasteiger partial charge is 0.350 e. The molecule has 2 N–H and O–H groups in total. The summed E-state index contributed by atoms with van der Waals surface area (Å²) in [4.78, 5) is 33.6. The highest BCUT2D eigenvalue weighted by Crippen LogP contribution is 2.26. The van der Waals surface area contributed by atoms with Crippen LogP contribution in [0.1, 0.15) is 47.6 Å². The standard InChI is InChI=1S/C33H34N4O4S/c38-31(20-15-25-13-18-30(19-14-25)42(40,41)36-29-16-17-29)37(24-26-8-3-1-4-9-26)32(28-11-5-2-6-12-28)33(39)35-23-27-10-7-21-34-22-27/h1-14,18-19,21-22,29,32,36H,15-17,20,23-24H2,(H,35,39)/t32-/m0/s1. The van der Waals surface area contributed by atoms with Gasteiger partial charge in [0.25, 0.3) is 0 Å². The van der Waals surface area contributed by atoms with E-state index in [0.717, 1.165) is 29.5 Å². The predicted molar refractivity (Wildman–Crippen MR) is 160 cm³/mol. The number of rotatable bonds is 13. The Bertz CT molecular complexity index is 1580. The Morgan fingerprint density at radius 1 is 0.833 bits per heavy atom. The van der Waals surface area contributed by atoms with E-state index in [1.807, 2.05) is 72.8 Å². The molecule has 0 spiro atoms. The molecule has 1 atom stereocenters. The molecule has 1 saturated carbocycles. The van der Waals surface area contributed by atoms with E-state index in [2.05, 4.69) is 15.0 Å². The molecule has 4 aromatic rings. The smallest absolute Gasteiger partial charge is 0.247 e. The minimum atomic E-state index is -3.54. The summed E-state index contributed by atoms with van der Waals surface area (Å²) in [5.74, 6) is -0.469. The second-order valence-corrected chi connectivity index (χ2v) is 12.2. The normalized spacial score (nSPS) is 13.7. The van der Waals surface area contributed by atoms with Crippen LogP contribution in [0.4, 0.5) is 0 Å². The number of nitrogens with zero attached hydrogens (tertiary/aromatic N) is 2. The second kappa shape index (κ2) is 13.5. The number of amides is 2. The lowest BCUT2D eigenvalue weighted by atomic mass is 10.0. The molecule has 0 saturated heterocycles. The zero-order valence-corrected chi connectivity index (χ0v) is 24.0. The van der Waals surface area contributed by atoms with Crippen molar-refractivity contribution in [2.75, 3.05) is 0 Å². The first-order chi connectivity index (χ1) is 20.4. The van der Waals surface area contributed by atoms with Crippen molar-refractivity contribution in [3.8, 4) is 0 Å². The van der Waals surface area contributed by atoms with E-state index in [1.54, 1.807) is 41.6 Å². The molecule has 1 fully saturated rings. The lowest BCUT2D eigenvalue weighted by Gasteiger charge is -2.32. The average molecular weight is 583 g/mol. The van der Waals surface area contributed by atoms with Gasteiger partial charge >= 0.3 is 0 Å². The number of nitrogens with one attached hydrogen (secondary N) is 2. The summed E-state index contributed by atoms with van der Waals surface area (Å²) < 4.78 is 27.7. The molecule has 1 aliphatic rings. The molecule has 8 nitrogen and oxygen atoms in total. The van der Waals surface area contributed by atoms with E-state index in [4.69, 9.17) is 0 Å². The Labute approximate surface area is 246 Å². The van der Waals surface area contributed by atoms with Gasteiger partial charge in [-0.1, -0.05) is 78.9 Å². The van der Waals surface area contributed by atoms with Crippen LogP contribution in [0.5, 0.6) is 0 Å². The van der Waals surface area contributed by atoms with Gasteiger partial charge < -0.3 is 10.2 Å². The van der Waals surface area contributed by atoms with Crippen LogP contribution in [-0.2, 0) is 39.1 Å². The van der Waals surface area contributed by atoms with E-state index in [0.29, 0.717) is 12.0 Å². The van der Waals surface area contributed by atoms with Crippen LogP contribution in [0.15, 0.2) is 114 Å². The van der Waals surface area contributed by atoms with Crippen LogP contribution in [0.3, 0.4) is 0 Å².